The molecule has 2 heterocycles. The van der Waals surface area contributed by atoms with Crippen LogP contribution in [0, 0.1) is 0 Å². The number of carbonyl (C=O) groups is 1. The van der Waals surface area contributed by atoms with Gasteiger partial charge in [-0.2, -0.15) is 0 Å². The molecule has 0 saturated carbocycles. The Hall–Kier alpha value is -1.85. The van der Waals surface area contributed by atoms with Crippen molar-refractivity contribution in [1.82, 2.24) is 14.9 Å². The highest BCUT2D eigenvalue weighted by Gasteiger charge is 2.30. The van der Waals surface area contributed by atoms with Crippen LogP contribution in [0.1, 0.15) is 40.0 Å². The summed E-state index contributed by atoms with van der Waals surface area (Å²) in [6.07, 6.45) is 7.49. The Kier molecular flexibility index (Phi) is 4.98. The molecular weight excluding hydrogens is 270 g/mol. The molecule has 1 saturated heterocycles. The summed E-state index contributed by atoms with van der Waals surface area (Å²) in [5.41, 5.74) is -0.481. The van der Waals surface area contributed by atoms with Crippen LogP contribution in [-0.4, -0.2) is 45.8 Å². The van der Waals surface area contributed by atoms with Crippen molar-refractivity contribution in [2.45, 2.75) is 51.7 Å². The standard InChI is InChI=1S/C15H23N3O3/c1-15(2,3)21-14(19)18-9-5-4-6-12(18)11-20-13-10-16-7-8-17-13/h7-8,10,12H,4-6,9,11H2,1-3H3/t12-/m1/s1. The molecule has 1 aliphatic rings. The summed E-state index contributed by atoms with van der Waals surface area (Å²) in [7, 11) is 0. The van der Waals surface area contributed by atoms with E-state index < -0.39 is 5.60 Å². The van der Waals surface area contributed by atoms with Gasteiger partial charge in [-0.25, -0.2) is 9.78 Å². The number of piperidine rings is 1. The van der Waals surface area contributed by atoms with Crippen molar-refractivity contribution in [2.24, 2.45) is 0 Å². The molecular formula is C15H23N3O3. The van der Waals surface area contributed by atoms with Crippen LogP contribution in [-0.2, 0) is 4.74 Å². The Morgan fingerprint density at radius 1 is 1.38 bits per heavy atom. The van der Waals surface area contributed by atoms with Gasteiger partial charge in [0.1, 0.15) is 12.2 Å². The van der Waals surface area contributed by atoms with Gasteiger partial charge >= 0.3 is 6.09 Å². The fraction of sp³-hybridized carbons (Fsp3) is 0.667. The van der Waals surface area contributed by atoms with Crippen molar-refractivity contribution in [2.75, 3.05) is 13.2 Å². The van der Waals surface area contributed by atoms with Gasteiger partial charge in [-0.3, -0.25) is 4.98 Å². The second-order valence-corrected chi connectivity index (χ2v) is 6.18. The molecule has 0 bridgehead atoms. The highest BCUT2D eigenvalue weighted by molar-refractivity contribution is 5.68. The second-order valence-electron chi connectivity index (χ2n) is 6.18. The molecule has 1 aromatic heterocycles. The lowest BCUT2D eigenvalue weighted by Crippen LogP contribution is -2.48. The number of hydrogen-bond acceptors (Lipinski definition) is 5. The molecule has 6 heteroatoms. The SMILES string of the molecule is CC(C)(C)OC(=O)N1CCCC[C@@H]1COc1cnccn1. The Bertz CT molecular complexity index is 459. The number of likely N-dealkylation sites (tertiary alicyclic amines) is 1. The van der Waals surface area contributed by atoms with E-state index in [9.17, 15) is 4.79 Å². The lowest BCUT2D eigenvalue weighted by Gasteiger charge is -2.36. The number of ether oxygens (including phenoxy) is 2. The average Bonchev–Trinajstić information content (AvgIpc) is 2.45. The third-order valence-electron chi connectivity index (χ3n) is 3.22. The quantitative estimate of drug-likeness (QED) is 0.857. The van der Waals surface area contributed by atoms with Crippen molar-refractivity contribution >= 4 is 6.09 Å². The van der Waals surface area contributed by atoms with Crippen LogP contribution < -0.4 is 4.74 Å². The minimum atomic E-state index is -0.481. The summed E-state index contributed by atoms with van der Waals surface area (Å²) in [4.78, 5) is 22.1. The Morgan fingerprint density at radius 3 is 2.86 bits per heavy atom. The summed E-state index contributed by atoms with van der Waals surface area (Å²) >= 11 is 0. The van der Waals surface area contributed by atoms with Crippen molar-refractivity contribution < 1.29 is 14.3 Å². The van der Waals surface area contributed by atoms with E-state index in [2.05, 4.69) is 9.97 Å². The molecule has 116 valence electrons. The molecule has 1 atom stereocenters. The van der Waals surface area contributed by atoms with Gasteiger partial charge in [0.2, 0.25) is 5.88 Å². The van der Waals surface area contributed by atoms with Gasteiger partial charge in [0.05, 0.1) is 12.2 Å². The lowest BCUT2D eigenvalue weighted by molar-refractivity contribution is 0.00333. The van der Waals surface area contributed by atoms with Gasteiger partial charge in [-0.15, -0.1) is 0 Å². The highest BCUT2D eigenvalue weighted by atomic mass is 16.6. The van der Waals surface area contributed by atoms with Crippen LogP contribution in [0.2, 0.25) is 0 Å². The zero-order valence-corrected chi connectivity index (χ0v) is 12.9. The van der Waals surface area contributed by atoms with Gasteiger partial charge in [-0.1, -0.05) is 0 Å². The van der Waals surface area contributed by atoms with Gasteiger partial charge in [0, 0.05) is 18.9 Å². The normalized spacial score (nSPS) is 19.2. The molecule has 1 aromatic rings. The number of nitrogens with zero attached hydrogens (tertiary/aromatic N) is 3. The molecule has 1 aliphatic heterocycles. The van der Waals surface area contributed by atoms with E-state index in [1.807, 2.05) is 20.8 Å². The Labute approximate surface area is 125 Å². The summed E-state index contributed by atoms with van der Waals surface area (Å²) in [6.45, 7) is 6.75. The molecule has 0 radical (unpaired) electrons. The van der Waals surface area contributed by atoms with Crippen LogP contribution in [0.4, 0.5) is 4.79 Å². The van der Waals surface area contributed by atoms with Crippen LogP contribution in [0.15, 0.2) is 18.6 Å². The summed E-state index contributed by atoms with van der Waals surface area (Å²) in [6, 6.07) is 0.0237. The van der Waals surface area contributed by atoms with Crippen LogP contribution >= 0.6 is 0 Å². The second kappa shape index (κ2) is 6.74. The molecule has 0 N–H and O–H groups in total. The largest absolute Gasteiger partial charge is 0.474 e. The Morgan fingerprint density at radius 2 is 2.19 bits per heavy atom. The first kappa shape index (κ1) is 15.5. The highest BCUT2D eigenvalue weighted by Crippen LogP contribution is 2.21. The average molecular weight is 293 g/mol. The maximum absolute atomic E-state index is 12.3. The van der Waals surface area contributed by atoms with Crippen molar-refractivity contribution in [3.8, 4) is 5.88 Å². The van der Waals surface area contributed by atoms with Gasteiger partial charge < -0.3 is 14.4 Å². The Balaban J connectivity index is 1.94. The molecule has 1 fully saturated rings. The third kappa shape index (κ3) is 4.88. The first-order chi connectivity index (χ1) is 9.96. The maximum atomic E-state index is 12.3. The zero-order chi connectivity index (χ0) is 15.3. The number of hydrogen-bond donors (Lipinski definition) is 0. The summed E-state index contributed by atoms with van der Waals surface area (Å²) in [5.74, 6) is 0.479. The molecule has 2 rings (SSSR count). The van der Waals surface area contributed by atoms with Crippen LogP contribution in [0.5, 0.6) is 5.88 Å². The molecule has 0 aliphatic carbocycles. The van der Waals surface area contributed by atoms with E-state index in [1.54, 1.807) is 23.5 Å². The minimum absolute atomic E-state index is 0.0237. The summed E-state index contributed by atoms with van der Waals surface area (Å²) < 4.78 is 11.1. The van der Waals surface area contributed by atoms with Crippen molar-refractivity contribution in [1.29, 1.82) is 0 Å². The molecule has 21 heavy (non-hydrogen) atoms. The molecule has 6 nitrogen and oxygen atoms in total. The first-order valence-electron chi connectivity index (χ1n) is 7.34. The predicted molar refractivity (Wildman–Crippen MR) is 78.1 cm³/mol. The molecule has 0 unspecified atom stereocenters. The van der Waals surface area contributed by atoms with E-state index in [-0.39, 0.29) is 12.1 Å². The van der Waals surface area contributed by atoms with E-state index in [0.717, 1.165) is 19.3 Å². The number of amides is 1. The first-order valence-corrected chi connectivity index (χ1v) is 7.34. The van der Waals surface area contributed by atoms with E-state index in [1.165, 1.54) is 0 Å². The van der Waals surface area contributed by atoms with Gasteiger partial charge in [0.15, 0.2) is 0 Å². The number of carbonyl (C=O) groups excluding carboxylic acids is 1. The van der Waals surface area contributed by atoms with Gasteiger partial charge in [-0.05, 0) is 40.0 Å². The third-order valence-corrected chi connectivity index (χ3v) is 3.22. The number of rotatable bonds is 3. The van der Waals surface area contributed by atoms with Gasteiger partial charge in [0.25, 0.3) is 0 Å². The van der Waals surface area contributed by atoms with E-state index >= 15 is 0 Å². The van der Waals surface area contributed by atoms with Crippen molar-refractivity contribution in [3.63, 3.8) is 0 Å². The van der Waals surface area contributed by atoms with Crippen molar-refractivity contribution in [3.05, 3.63) is 18.6 Å². The van der Waals surface area contributed by atoms with Crippen LogP contribution in [0.3, 0.4) is 0 Å². The molecule has 0 spiro atoms. The van der Waals surface area contributed by atoms with E-state index in [0.29, 0.717) is 19.0 Å². The molecule has 1 amide bonds. The smallest absolute Gasteiger partial charge is 0.410 e. The van der Waals surface area contributed by atoms with Crippen LogP contribution in [0.25, 0.3) is 0 Å². The fourth-order valence-electron chi connectivity index (χ4n) is 2.28. The predicted octanol–water partition coefficient (Wildman–Crippen LogP) is 2.65. The topological polar surface area (TPSA) is 64.5 Å². The number of aromatic nitrogens is 2. The fourth-order valence-corrected chi connectivity index (χ4v) is 2.28. The lowest BCUT2D eigenvalue weighted by atomic mass is 10.0. The maximum Gasteiger partial charge on any atom is 0.410 e. The zero-order valence-electron chi connectivity index (χ0n) is 12.9. The van der Waals surface area contributed by atoms with E-state index in [4.69, 9.17) is 9.47 Å². The minimum Gasteiger partial charge on any atom is -0.474 e. The molecule has 0 aromatic carbocycles. The summed E-state index contributed by atoms with van der Waals surface area (Å²) in [5, 5.41) is 0. The monoisotopic (exact) mass is 293 g/mol.